The topological polar surface area (TPSA) is 18.5 Å². The van der Waals surface area contributed by atoms with Gasteiger partial charge in [-0.1, -0.05) is 88.1 Å². The van der Waals surface area contributed by atoms with Crippen LogP contribution >= 0.6 is 0 Å². The molecule has 3 heteroatoms. The molecular weight excluding hydrogens is 813 g/mol. The SMILES string of the molecule is CCCCCOc1cc2c(cc1OCCCCC)C1(c3ccccc3-c3cc(-c4cc[c-]c(-c5[c-]cccc5)c4)ccc31)c1cc(C)c(C)cc1-2.[Ir]. The van der Waals surface area contributed by atoms with Gasteiger partial charge < -0.3 is 9.47 Å². The van der Waals surface area contributed by atoms with E-state index in [1.165, 1.54) is 73.2 Å². The van der Waals surface area contributed by atoms with E-state index in [-0.39, 0.29) is 20.1 Å². The molecule has 1 unspecified atom stereocenters. The van der Waals surface area contributed by atoms with Gasteiger partial charge in [-0.15, -0.1) is 17.7 Å². The van der Waals surface area contributed by atoms with Crippen LogP contribution in [0.25, 0.3) is 44.5 Å². The average Bonchev–Trinajstić information content (AvgIpc) is 3.61. The molecule has 0 amide bonds. The monoisotopic (exact) mass is 859 g/mol. The number of rotatable bonds is 12. The summed E-state index contributed by atoms with van der Waals surface area (Å²) >= 11 is 0. The zero-order valence-corrected chi connectivity index (χ0v) is 33.1. The van der Waals surface area contributed by atoms with Crippen LogP contribution in [-0.2, 0) is 25.5 Å². The number of unbranched alkanes of at least 4 members (excludes halogenated alkanes) is 4. The van der Waals surface area contributed by atoms with Crippen LogP contribution in [0.2, 0.25) is 0 Å². The Labute approximate surface area is 323 Å². The van der Waals surface area contributed by atoms with Crippen molar-refractivity contribution in [3.8, 4) is 56.0 Å². The fraction of sp³-hybridized carbons (Fsp3) is 0.265. The van der Waals surface area contributed by atoms with Crippen molar-refractivity contribution in [3.05, 3.63) is 155 Å². The molecule has 265 valence electrons. The van der Waals surface area contributed by atoms with E-state index < -0.39 is 5.41 Å². The normalized spacial score (nSPS) is 14.7. The molecule has 2 nitrogen and oxygen atoms in total. The second-order valence-corrected chi connectivity index (χ2v) is 14.3. The zero-order chi connectivity index (χ0) is 35.0. The Morgan fingerprint density at radius 2 is 1.12 bits per heavy atom. The van der Waals surface area contributed by atoms with Crippen molar-refractivity contribution in [1.29, 1.82) is 0 Å². The molecule has 2 aliphatic carbocycles. The third-order valence-electron chi connectivity index (χ3n) is 11.0. The quantitative estimate of drug-likeness (QED) is 0.0900. The molecular formula is C49H46IrO2-2. The number of aryl methyl sites for hydroxylation is 2. The van der Waals surface area contributed by atoms with Crippen molar-refractivity contribution in [3.63, 3.8) is 0 Å². The van der Waals surface area contributed by atoms with Gasteiger partial charge in [0.1, 0.15) is 0 Å². The molecule has 0 N–H and O–H groups in total. The van der Waals surface area contributed by atoms with Crippen LogP contribution in [-0.4, -0.2) is 13.2 Å². The first-order chi connectivity index (χ1) is 25.0. The van der Waals surface area contributed by atoms with Gasteiger partial charge in [-0.3, -0.25) is 0 Å². The Hall–Kier alpha value is -4.43. The number of hydrogen-bond acceptors (Lipinski definition) is 2. The van der Waals surface area contributed by atoms with Gasteiger partial charge in [-0.05, 0) is 106 Å². The third-order valence-corrected chi connectivity index (χ3v) is 11.0. The van der Waals surface area contributed by atoms with E-state index in [2.05, 4.69) is 131 Å². The maximum atomic E-state index is 6.64. The van der Waals surface area contributed by atoms with E-state index >= 15 is 0 Å². The van der Waals surface area contributed by atoms with Crippen molar-refractivity contribution in [2.75, 3.05) is 13.2 Å². The van der Waals surface area contributed by atoms with E-state index in [1.54, 1.807) is 0 Å². The van der Waals surface area contributed by atoms with Crippen LogP contribution in [0.1, 0.15) is 85.8 Å². The van der Waals surface area contributed by atoms with E-state index in [0.717, 1.165) is 54.7 Å². The minimum atomic E-state index is -0.468. The third kappa shape index (κ3) is 6.12. The molecule has 6 aromatic rings. The first kappa shape index (κ1) is 35.9. The summed E-state index contributed by atoms with van der Waals surface area (Å²) in [5, 5.41) is 0. The van der Waals surface area contributed by atoms with E-state index in [9.17, 15) is 0 Å². The number of ether oxygens (including phenoxy) is 2. The van der Waals surface area contributed by atoms with Gasteiger partial charge in [0.15, 0.2) is 11.5 Å². The molecule has 0 bridgehead atoms. The summed E-state index contributed by atoms with van der Waals surface area (Å²) in [5.41, 5.74) is 17.0. The van der Waals surface area contributed by atoms with Crippen molar-refractivity contribution in [2.24, 2.45) is 0 Å². The van der Waals surface area contributed by atoms with Gasteiger partial charge in [0.05, 0.1) is 18.6 Å². The van der Waals surface area contributed by atoms with Crippen LogP contribution in [0, 0.1) is 26.0 Å². The van der Waals surface area contributed by atoms with E-state index in [1.807, 2.05) is 18.2 Å². The fourth-order valence-corrected chi connectivity index (χ4v) is 8.29. The molecule has 0 fully saturated rings. The molecule has 0 aliphatic heterocycles. The van der Waals surface area contributed by atoms with Crippen molar-refractivity contribution in [2.45, 2.75) is 71.6 Å². The molecule has 0 saturated carbocycles. The Morgan fingerprint density at radius 1 is 0.500 bits per heavy atom. The number of benzene rings is 6. The predicted octanol–water partition coefficient (Wildman–Crippen LogP) is 12.7. The van der Waals surface area contributed by atoms with Gasteiger partial charge in [-0.25, -0.2) is 11.1 Å². The second-order valence-electron chi connectivity index (χ2n) is 14.3. The molecule has 1 spiro atoms. The first-order valence-electron chi connectivity index (χ1n) is 18.8. The summed E-state index contributed by atoms with van der Waals surface area (Å²) in [6.45, 7) is 10.3. The Balaban J connectivity index is 0.00000420. The van der Waals surface area contributed by atoms with E-state index in [4.69, 9.17) is 9.47 Å². The zero-order valence-electron chi connectivity index (χ0n) is 30.7. The molecule has 2 aliphatic rings. The molecule has 0 aromatic heterocycles. The standard InChI is InChI=1S/C49H46O2.Ir/c1-5-7-14-25-50-47-31-42-40-27-33(3)34(4)28-45(40)49(46(42)32-48(47)51-26-15-8-6-2)43-22-13-12-21-39(43)41-30-38(23-24-44(41)49)37-20-16-19-36(29-37)35-17-10-9-11-18-35;/h9-13,16-17,20-24,27-32H,5-8,14-15,25-26H2,1-4H3;/q-2;. The van der Waals surface area contributed by atoms with Crippen LogP contribution in [0.4, 0.5) is 0 Å². The van der Waals surface area contributed by atoms with Crippen LogP contribution in [0.3, 0.4) is 0 Å². The van der Waals surface area contributed by atoms with Gasteiger partial charge in [0.25, 0.3) is 0 Å². The Bertz CT molecular complexity index is 2220. The smallest absolute Gasteiger partial charge is 0.161 e. The molecule has 0 heterocycles. The Kier molecular flexibility index (Phi) is 10.6. The van der Waals surface area contributed by atoms with Crippen molar-refractivity contribution >= 4 is 0 Å². The fourth-order valence-electron chi connectivity index (χ4n) is 8.29. The molecule has 8 rings (SSSR count). The summed E-state index contributed by atoms with van der Waals surface area (Å²) in [5.74, 6) is 1.71. The summed E-state index contributed by atoms with van der Waals surface area (Å²) in [4.78, 5) is 0. The molecule has 1 radical (unpaired) electrons. The van der Waals surface area contributed by atoms with Crippen molar-refractivity contribution < 1.29 is 29.6 Å². The minimum Gasteiger partial charge on any atom is -0.490 e. The number of hydrogen-bond donors (Lipinski definition) is 0. The summed E-state index contributed by atoms with van der Waals surface area (Å²) in [6, 6.07) is 47.0. The predicted molar refractivity (Wildman–Crippen MR) is 211 cm³/mol. The minimum absolute atomic E-state index is 0. The second kappa shape index (κ2) is 15.3. The molecule has 1 atom stereocenters. The van der Waals surface area contributed by atoms with Crippen LogP contribution in [0.5, 0.6) is 11.5 Å². The molecule has 6 aromatic carbocycles. The summed E-state index contributed by atoms with van der Waals surface area (Å²) < 4.78 is 13.2. The average molecular weight is 859 g/mol. The van der Waals surface area contributed by atoms with Gasteiger partial charge in [-0.2, -0.15) is 42.5 Å². The van der Waals surface area contributed by atoms with Crippen LogP contribution < -0.4 is 9.47 Å². The van der Waals surface area contributed by atoms with Gasteiger partial charge in [0, 0.05) is 20.1 Å². The maximum absolute atomic E-state index is 6.64. The maximum Gasteiger partial charge on any atom is 0.161 e. The summed E-state index contributed by atoms with van der Waals surface area (Å²) in [7, 11) is 0. The van der Waals surface area contributed by atoms with Crippen LogP contribution in [0.15, 0.2) is 109 Å². The molecule has 0 saturated heterocycles. The van der Waals surface area contributed by atoms with Gasteiger partial charge >= 0.3 is 0 Å². The van der Waals surface area contributed by atoms with Gasteiger partial charge in [0.2, 0.25) is 0 Å². The summed E-state index contributed by atoms with van der Waals surface area (Å²) in [6.07, 6.45) is 6.70. The largest absolute Gasteiger partial charge is 0.490 e. The first-order valence-corrected chi connectivity index (χ1v) is 18.8. The number of fused-ring (bicyclic) bond motifs is 10. The van der Waals surface area contributed by atoms with Crippen molar-refractivity contribution in [1.82, 2.24) is 0 Å². The Morgan fingerprint density at radius 3 is 1.87 bits per heavy atom. The molecule has 52 heavy (non-hydrogen) atoms. The van der Waals surface area contributed by atoms with E-state index in [0.29, 0.717) is 13.2 Å².